The summed E-state index contributed by atoms with van der Waals surface area (Å²) < 4.78 is 20.6. The SMILES string of the molecule is COc1ccc(-c2ccnn2Cc2ccc(C(=O)O)cc2)cc1F. The minimum atomic E-state index is -0.963. The average Bonchev–Trinajstić information content (AvgIpc) is 3.03. The van der Waals surface area contributed by atoms with Crippen LogP contribution in [0, 0.1) is 5.82 Å². The van der Waals surface area contributed by atoms with E-state index in [4.69, 9.17) is 9.84 Å². The van der Waals surface area contributed by atoms with Gasteiger partial charge in [0.05, 0.1) is 24.9 Å². The first kappa shape index (κ1) is 15.7. The van der Waals surface area contributed by atoms with Crippen LogP contribution in [0.15, 0.2) is 54.7 Å². The van der Waals surface area contributed by atoms with Crippen molar-refractivity contribution in [2.24, 2.45) is 0 Å². The molecule has 0 aliphatic rings. The van der Waals surface area contributed by atoms with E-state index in [-0.39, 0.29) is 11.3 Å². The van der Waals surface area contributed by atoms with Gasteiger partial charge in [-0.05, 0) is 42.0 Å². The lowest BCUT2D eigenvalue weighted by molar-refractivity contribution is 0.0697. The molecular weight excluding hydrogens is 311 g/mol. The molecule has 0 atom stereocenters. The second-order valence-electron chi connectivity index (χ2n) is 5.23. The monoisotopic (exact) mass is 326 g/mol. The van der Waals surface area contributed by atoms with Gasteiger partial charge in [0.1, 0.15) is 0 Å². The van der Waals surface area contributed by atoms with Crippen molar-refractivity contribution in [1.82, 2.24) is 9.78 Å². The van der Waals surface area contributed by atoms with Crippen molar-refractivity contribution in [2.75, 3.05) is 7.11 Å². The third-order valence-corrected chi connectivity index (χ3v) is 3.70. The molecule has 6 heteroatoms. The molecule has 0 unspecified atom stereocenters. The second-order valence-corrected chi connectivity index (χ2v) is 5.23. The molecule has 0 spiro atoms. The summed E-state index contributed by atoms with van der Waals surface area (Å²) in [5.74, 6) is -1.21. The molecule has 5 nitrogen and oxygen atoms in total. The molecule has 1 heterocycles. The highest BCUT2D eigenvalue weighted by molar-refractivity contribution is 5.87. The van der Waals surface area contributed by atoms with Crippen molar-refractivity contribution in [3.05, 3.63) is 71.7 Å². The zero-order valence-corrected chi connectivity index (χ0v) is 12.9. The lowest BCUT2D eigenvalue weighted by atomic mass is 10.1. The topological polar surface area (TPSA) is 64.4 Å². The van der Waals surface area contributed by atoms with Crippen LogP contribution in [-0.2, 0) is 6.54 Å². The summed E-state index contributed by atoms with van der Waals surface area (Å²) in [4.78, 5) is 10.9. The predicted octanol–water partition coefficient (Wildman–Crippen LogP) is 3.44. The van der Waals surface area contributed by atoms with Gasteiger partial charge in [-0.2, -0.15) is 5.10 Å². The largest absolute Gasteiger partial charge is 0.494 e. The van der Waals surface area contributed by atoms with Crippen LogP contribution in [0.2, 0.25) is 0 Å². The van der Waals surface area contributed by atoms with Gasteiger partial charge in [-0.15, -0.1) is 0 Å². The maximum absolute atomic E-state index is 13.9. The Morgan fingerprint density at radius 3 is 2.58 bits per heavy atom. The van der Waals surface area contributed by atoms with Gasteiger partial charge in [0.2, 0.25) is 0 Å². The number of halogens is 1. The standard InChI is InChI=1S/C18H15FN2O3/c1-24-17-7-6-14(10-15(17)19)16-8-9-20-21(16)11-12-2-4-13(5-3-12)18(22)23/h2-10H,11H2,1H3,(H,22,23). The number of hydrogen-bond donors (Lipinski definition) is 1. The van der Waals surface area contributed by atoms with Crippen LogP contribution in [0.5, 0.6) is 5.75 Å². The zero-order chi connectivity index (χ0) is 17.1. The van der Waals surface area contributed by atoms with Gasteiger partial charge in [-0.25, -0.2) is 9.18 Å². The molecule has 3 rings (SSSR count). The molecule has 2 aromatic carbocycles. The zero-order valence-electron chi connectivity index (χ0n) is 12.9. The molecule has 0 radical (unpaired) electrons. The Hall–Kier alpha value is -3.15. The molecule has 1 N–H and O–H groups in total. The third-order valence-electron chi connectivity index (χ3n) is 3.70. The highest BCUT2D eigenvalue weighted by atomic mass is 19.1. The Morgan fingerprint density at radius 2 is 1.96 bits per heavy atom. The van der Waals surface area contributed by atoms with Crippen molar-refractivity contribution in [3.63, 3.8) is 0 Å². The van der Waals surface area contributed by atoms with Crippen LogP contribution in [0.3, 0.4) is 0 Å². The van der Waals surface area contributed by atoms with Gasteiger partial charge in [0.15, 0.2) is 11.6 Å². The maximum Gasteiger partial charge on any atom is 0.335 e. The van der Waals surface area contributed by atoms with E-state index >= 15 is 0 Å². The number of aromatic nitrogens is 2. The number of carboxylic acids is 1. The lowest BCUT2D eigenvalue weighted by Gasteiger charge is -2.09. The summed E-state index contributed by atoms with van der Waals surface area (Å²) in [7, 11) is 1.42. The van der Waals surface area contributed by atoms with Crippen molar-refractivity contribution >= 4 is 5.97 Å². The molecule has 24 heavy (non-hydrogen) atoms. The summed E-state index contributed by atoms with van der Waals surface area (Å²) in [6.45, 7) is 0.454. The van der Waals surface area contributed by atoms with Crippen molar-refractivity contribution in [3.8, 4) is 17.0 Å². The van der Waals surface area contributed by atoms with E-state index in [0.717, 1.165) is 11.3 Å². The number of aromatic carboxylic acids is 1. The molecule has 0 aliphatic heterocycles. The summed E-state index contributed by atoms with van der Waals surface area (Å²) >= 11 is 0. The third kappa shape index (κ3) is 3.12. The summed E-state index contributed by atoms with van der Waals surface area (Å²) in [5, 5.41) is 13.2. The molecule has 0 fully saturated rings. The van der Waals surface area contributed by atoms with Crippen molar-refractivity contribution in [2.45, 2.75) is 6.54 Å². The van der Waals surface area contributed by atoms with Crippen LogP contribution < -0.4 is 4.74 Å². The van der Waals surface area contributed by atoms with Crippen LogP contribution in [0.4, 0.5) is 4.39 Å². The summed E-state index contributed by atoms with van der Waals surface area (Å²) in [6, 6.07) is 13.1. The first-order valence-corrected chi connectivity index (χ1v) is 7.26. The normalized spacial score (nSPS) is 10.6. The first-order valence-electron chi connectivity index (χ1n) is 7.26. The molecule has 1 aromatic heterocycles. The van der Waals surface area contributed by atoms with Crippen LogP contribution >= 0.6 is 0 Å². The highest BCUT2D eigenvalue weighted by Gasteiger charge is 2.10. The predicted molar refractivity (Wildman–Crippen MR) is 86.7 cm³/mol. The number of benzene rings is 2. The van der Waals surface area contributed by atoms with Crippen LogP contribution in [0.1, 0.15) is 15.9 Å². The minimum absolute atomic E-state index is 0.189. The molecule has 0 aliphatic carbocycles. The van der Waals surface area contributed by atoms with Crippen LogP contribution in [-0.4, -0.2) is 28.0 Å². The lowest BCUT2D eigenvalue weighted by Crippen LogP contribution is -2.04. The van der Waals surface area contributed by atoms with Gasteiger partial charge in [-0.1, -0.05) is 12.1 Å². The number of carbonyl (C=O) groups is 1. The van der Waals surface area contributed by atoms with E-state index in [2.05, 4.69) is 5.10 Å². The van der Waals surface area contributed by atoms with Gasteiger partial charge in [-0.3, -0.25) is 4.68 Å². The number of carboxylic acid groups (broad SMARTS) is 1. The van der Waals surface area contributed by atoms with E-state index in [1.165, 1.54) is 13.2 Å². The highest BCUT2D eigenvalue weighted by Crippen LogP contribution is 2.25. The van der Waals surface area contributed by atoms with Crippen molar-refractivity contribution < 1.29 is 19.0 Å². The molecule has 0 saturated carbocycles. The van der Waals surface area contributed by atoms with E-state index < -0.39 is 11.8 Å². The molecule has 122 valence electrons. The molecule has 0 amide bonds. The molecule has 3 aromatic rings. The molecule has 0 saturated heterocycles. The van der Waals surface area contributed by atoms with E-state index in [1.54, 1.807) is 53.3 Å². The van der Waals surface area contributed by atoms with E-state index in [1.807, 2.05) is 0 Å². The van der Waals surface area contributed by atoms with E-state index in [9.17, 15) is 9.18 Å². The molecule has 0 bridgehead atoms. The van der Waals surface area contributed by atoms with Crippen LogP contribution in [0.25, 0.3) is 11.3 Å². The number of rotatable bonds is 5. The summed E-state index contributed by atoms with van der Waals surface area (Å²) in [6.07, 6.45) is 1.64. The fraction of sp³-hybridized carbons (Fsp3) is 0.111. The first-order chi connectivity index (χ1) is 11.6. The fourth-order valence-electron chi connectivity index (χ4n) is 2.46. The Labute approximate surface area is 137 Å². The number of hydrogen-bond acceptors (Lipinski definition) is 3. The number of nitrogens with zero attached hydrogens (tertiary/aromatic N) is 2. The Morgan fingerprint density at radius 1 is 1.21 bits per heavy atom. The van der Waals surface area contributed by atoms with E-state index in [0.29, 0.717) is 12.1 Å². The minimum Gasteiger partial charge on any atom is -0.494 e. The summed E-state index contributed by atoms with van der Waals surface area (Å²) in [5.41, 5.74) is 2.59. The maximum atomic E-state index is 13.9. The average molecular weight is 326 g/mol. The Bertz CT molecular complexity index is 872. The van der Waals surface area contributed by atoms with Crippen molar-refractivity contribution in [1.29, 1.82) is 0 Å². The number of methoxy groups -OCH3 is 1. The van der Waals surface area contributed by atoms with Gasteiger partial charge in [0.25, 0.3) is 0 Å². The van der Waals surface area contributed by atoms with Gasteiger partial charge >= 0.3 is 5.97 Å². The quantitative estimate of drug-likeness (QED) is 0.780. The second kappa shape index (κ2) is 6.54. The van der Waals surface area contributed by atoms with Gasteiger partial charge in [0, 0.05) is 11.8 Å². The smallest absolute Gasteiger partial charge is 0.335 e. The molecular formula is C18H15FN2O3. The van der Waals surface area contributed by atoms with Gasteiger partial charge < -0.3 is 9.84 Å². The Kier molecular flexibility index (Phi) is 4.29. The number of ether oxygens (including phenoxy) is 1. The fourth-order valence-corrected chi connectivity index (χ4v) is 2.46. The Balaban J connectivity index is 1.87.